The van der Waals surface area contributed by atoms with Gasteiger partial charge in [0.15, 0.2) is 0 Å². The summed E-state index contributed by atoms with van der Waals surface area (Å²) in [6, 6.07) is 0. The van der Waals surface area contributed by atoms with Gasteiger partial charge in [0.05, 0.1) is 0 Å². The summed E-state index contributed by atoms with van der Waals surface area (Å²) >= 11 is 0. The molecule has 2 aliphatic rings. The third-order valence-corrected chi connectivity index (χ3v) is 4.27. The van der Waals surface area contributed by atoms with Crippen molar-refractivity contribution in [3.63, 3.8) is 0 Å². The normalized spacial score (nSPS) is 40.7. The van der Waals surface area contributed by atoms with Crippen LogP contribution in [0.1, 0.15) is 33.6 Å². The molecule has 0 aromatic heterocycles. The zero-order valence-electron chi connectivity index (χ0n) is 8.31. The molecule has 0 spiro atoms. The smallest absolute Gasteiger partial charge is 0.205 e. The van der Waals surface area contributed by atoms with Crippen LogP contribution in [0.25, 0.3) is 0 Å². The van der Waals surface area contributed by atoms with E-state index in [9.17, 15) is 9.59 Å². The van der Waals surface area contributed by atoms with Gasteiger partial charge in [-0.05, 0) is 18.3 Å². The van der Waals surface area contributed by atoms with Crippen LogP contribution in [0.15, 0.2) is 0 Å². The zero-order valence-corrected chi connectivity index (χ0v) is 8.31. The predicted octanol–water partition coefficient (Wildman–Crippen LogP) is 0.756. The number of carbonyl (C=O) groups is 2. The van der Waals surface area contributed by atoms with Crippen LogP contribution < -0.4 is 0 Å². The molecule has 13 heavy (non-hydrogen) atoms. The summed E-state index contributed by atoms with van der Waals surface area (Å²) in [5.74, 6) is -0.229. The van der Waals surface area contributed by atoms with Gasteiger partial charge in [0.2, 0.25) is 11.6 Å². The summed E-state index contributed by atoms with van der Waals surface area (Å²) < 4.78 is 0. The number of hydrogen-bond donors (Lipinski definition) is 0. The molecule has 2 rings (SSSR count). The van der Waals surface area contributed by atoms with Gasteiger partial charge in [0.25, 0.3) is 0 Å². The Bertz CT molecular complexity index is 280. The summed E-state index contributed by atoms with van der Waals surface area (Å²) in [5.41, 5.74) is -0.448. The predicted molar refractivity (Wildman–Crippen MR) is 48.2 cm³/mol. The molecule has 2 saturated carbocycles. The van der Waals surface area contributed by atoms with Crippen molar-refractivity contribution >= 4 is 11.6 Å². The van der Waals surface area contributed by atoms with E-state index in [1.54, 1.807) is 0 Å². The molecule has 0 aromatic rings. The first-order chi connectivity index (χ1) is 5.41. The molecule has 0 amide bonds. The Morgan fingerprint density at radius 1 is 1.23 bits per heavy atom. The summed E-state index contributed by atoms with van der Waals surface area (Å²) in [5, 5.41) is 0. The lowest BCUT2D eigenvalue weighted by atomic mass is 9.70. The van der Waals surface area contributed by atoms with Crippen molar-refractivity contribution in [2.45, 2.75) is 33.6 Å². The van der Waals surface area contributed by atoms with Crippen molar-refractivity contribution in [2.75, 3.05) is 0 Å². The number of Topliss-reactive ketones (excluding diaryl/α,β-unsaturated/α-hetero) is 2. The minimum absolute atomic E-state index is 0. The fraction of sp³-hybridized carbons (Fsp3) is 0.800. The highest BCUT2D eigenvalue weighted by atomic mass is 16.2. The Kier molecular flexibility index (Phi) is 1.93. The Hall–Kier alpha value is -0.700. The molecule has 2 N–H and O–H groups in total. The molecule has 0 saturated heterocycles. The van der Waals surface area contributed by atoms with Gasteiger partial charge < -0.3 is 5.48 Å². The second-order valence-electron chi connectivity index (χ2n) is 4.84. The van der Waals surface area contributed by atoms with Crippen LogP contribution in [0, 0.1) is 16.7 Å². The lowest BCUT2D eigenvalue weighted by Crippen LogP contribution is -2.33. The number of carbonyl (C=O) groups excluding carboxylic acids is 2. The first-order valence-corrected chi connectivity index (χ1v) is 4.50. The lowest BCUT2D eigenvalue weighted by Gasteiger charge is -2.31. The molecular weight excluding hydrogens is 168 g/mol. The highest BCUT2D eigenvalue weighted by molar-refractivity contribution is 6.43. The molecule has 3 heteroatoms. The van der Waals surface area contributed by atoms with E-state index in [0.29, 0.717) is 0 Å². The number of rotatable bonds is 0. The first kappa shape index (κ1) is 10.4. The van der Waals surface area contributed by atoms with Crippen molar-refractivity contribution in [2.24, 2.45) is 16.7 Å². The minimum atomic E-state index is -0.352. The molecule has 0 aromatic carbocycles. The number of ketones is 2. The third kappa shape index (κ3) is 0.831. The van der Waals surface area contributed by atoms with E-state index in [2.05, 4.69) is 0 Å². The van der Waals surface area contributed by atoms with E-state index in [-0.39, 0.29) is 33.8 Å². The topological polar surface area (TPSA) is 65.6 Å². The van der Waals surface area contributed by atoms with Gasteiger partial charge in [-0.15, -0.1) is 0 Å². The van der Waals surface area contributed by atoms with Gasteiger partial charge in [-0.1, -0.05) is 20.8 Å². The van der Waals surface area contributed by atoms with Gasteiger partial charge in [-0.25, -0.2) is 0 Å². The van der Waals surface area contributed by atoms with E-state index < -0.39 is 0 Å². The van der Waals surface area contributed by atoms with Gasteiger partial charge in [-0.2, -0.15) is 0 Å². The van der Waals surface area contributed by atoms with Crippen LogP contribution in [-0.4, -0.2) is 17.0 Å². The first-order valence-electron chi connectivity index (χ1n) is 4.50. The van der Waals surface area contributed by atoms with Crippen LogP contribution in [0.2, 0.25) is 0 Å². The summed E-state index contributed by atoms with van der Waals surface area (Å²) in [6.45, 7) is 6.04. The molecule has 2 bridgehead atoms. The molecule has 2 unspecified atom stereocenters. The molecule has 0 aliphatic heterocycles. The van der Waals surface area contributed by atoms with Gasteiger partial charge in [0, 0.05) is 11.3 Å². The quantitative estimate of drug-likeness (QED) is 0.521. The second kappa shape index (κ2) is 2.41. The van der Waals surface area contributed by atoms with Crippen LogP contribution in [0.3, 0.4) is 0 Å². The monoisotopic (exact) mass is 184 g/mol. The van der Waals surface area contributed by atoms with Gasteiger partial charge in [-0.3, -0.25) is 9.59 Å². The Morgan fingerprint density at radius 2 is 1.77 bits per heavy atom. The standard InChI is InChI=1S/C10H14O2.H2O/c1-9(2)6-4-5-10(9,3)8(12)7(6)11;/h6H,4-5H2,1-3H3;1H2. The molecule has 2 atom stereocenters. The van der Waals surface area contributed by atoms with E-state index in [1.807, 2.05) is 20.8 Å². The Balaban J connectivity index is 0.000000845. The van der Waals surface area contributed by atoms with Crippen LogP contribution in [-0.2, 0) is 9.59 Å². The van der Waals surface area contributed by atoms with E-state index in [0.717, 1.165) is 12.8 Å². The Morgan fingerprint density at radius 3 is 2.00 bits per heavy atom. The largest absolute Gasteiger partial charge is 0.412 e. The average molecular weight is 184 g/mol. The molecule has 2 fully saturated rings. The van der Waals surface area contributed by atoms with Crippen LogP contribution in [0.5, 0.6) is 0 Å². The SMILES string of the molecule is CC12CCC(C(=O)C1=O)C2(C)C.O. The maximum Gasteiger partial charge on any atom is 0.205 e. The van der Waals surface area contributed by atoms with Crippen molar-refractivity contribution in [3.8, 4) is 0 Å². The highest BCUT2D eigenvalue weighted by Crippen LogP contribution is 2.61. The highest BCUT2D eigenvalue weighted by Gasteiger charge is 2.66. The summed E-state index contributed by atoms with van der Waals surface area (Å²) in [6.07, 6.45) is 1.81. The minimum Gasteiger partial charge on any atom is -0.412 e. The lowest BCUT2D eigenvalue weighted by molar-refractivity contribution is -0.141. The molecule has 0 heterocycles. The second-order valence-corrected chi connectivity index (χ2v) is 4.84. The van der Waals surface area contributed by atoms with Gasteiger partial charge in [0.1, 0.15) is 0 Å². The average Bonchev–Trinajstić information content (AvgIpc) is 2.26. The molecule has 74 valence electrons. The fourth-order valence-electron chi connectivity index (χ4n) is 2.80. The van der Waals surface area contributed by atoms with Crippen molar-refractivity contribution < 1.29 is 15.1 Å². The maximum atomic E-state index is 11.6. The number of fused-ring (bicyclic) bond motifs is 2. The van der Waals surface area contributed by atoms with Crippen LogP contribution in [0.4, 0.5) is 0 Å². The zero-order chi connectivity index (χ0) is 9.15. The van der Waals surface area contributed by atoms with Crippen LogP contribution >= 0.6 is 0 Å². The maximum absolute atomic E-state index is 11.6. The van der Waals surface area contributed by atoms with Crippen molar-refractivity contribution in [3.05, 3.63) is 0 Å². The third-order valence-electron chi connectivity index (χ3n) is 4.27. The molecule has 0 radical (unpaired) electrons. The molecular formula is C10H16O3. The van der Waals surface area contributed by atoms with E-state index in [4.69, 9.17) is 0 Å². The Labute approximate surface area is 77.8 Å². The van der Waals surface area contributed by atoms with E-state index in [1.165, 1.54) is 0 Å². The fourth-order valence-corrected chi connectivity index (χ4v) is 2.80. The summed E-state index contributed by atoms with van der Waals surface area (Å²) in [4.78, 5) is 23.0. The molecule has 3 nitrogen and oxygen atoms in total. The van der Waals surface area contributed by atoms with Crippen molar-refractivity contribution in [1.82, 2.24) is 0 Å². The van der Waals surface area contributed by atoms with Crippen molar-refractivity contribution in [1.29, 1.82) is 0 Å². The van der Waals surface area contributed by atoms with E-state index >= 15 is 0 Å². The van der Waals surface area contributed by atoms with Gasteiger partial charge >= 0.3 is 0 Å². The molecule has 2 aliphatic carbocycles. The summed E-state index contributed by atoms with van der Waals surface area (Å²) in [7, 11) is 0. The number of hydrogen-bond acceptors (Lipinski definition) is 2.